The molecular weight excluding hydrogens is 489 g/mol. The maximum atomic E-state index is 13.3. The van der Waals surface area contributed by atoms with Crippen molar-refractivity contribution in [2.75, 3.05) is 5.32 Å². The fourth-order valence-electron chi connectivity index (χ4n) is 3.03. The van der Waals surface area contributed by atoms with Crippen LogP contribution in [0, 0.1) is 5.82 Å². The van der Waals surface area contributed by atoms with Gasteiger partial charge in [0.15, 0.2) is 0 Å². The van der Waals surface area contributed by atoms with Gasteiger partial charge in [-0.1, -0.05) is 30.3 Å². The number of carbonyl (C=O) groups excluding carboxylic acids is 1. The molecule has 0 atom stereocenters. The van der Waals surface area contributed by atoms with Gasteiger partial charge in [0.2, 0.25) is 0 Å². The van der Waals surface area contributed by atoms with Crippen molar-refractivity contribution >= 4 is 55.1 Å². The molecule has 0 aromatic heterocycles. The number of rotatable bonds is 4. The Morgan fingerprint density at radius 2 is 1.75 bits per heavy atom. The molecule has 6 heteroatoms. The van der Waals surface area contributed by atoms with Crippen molar-refractivity contribution in [2.24, 2.45) is 0 Å². The van der Waals surface area contributed by atoms with E-state index in [2.05, 4.69) is 37.2 Å². The van der Waals surface area contributed by atoms with Gasteiger partial charge in [0, 0.05) is 16.8 Å². The molecule has 0 saturated heterocycles. The predicted molar refractivity (Wildman–Crippen MR) is 116 cm³/mol. The smallest absolute Gasteiger partial charge is 0.256 e. The summed E-state index contributed by atoms with van der Waals surface area (Å²) in [4.78, 5) is 12.3. The van der Waals surface area contributed by atoms with E-state index in [0.717, 1.165) is 31.3 Å². The lowest BCUT2D eigenvalue weighted by molar-refractivity contribution is -0.110. The van der Waals surface area contributed by atoms with E-state index in [4.69, 9.17) is 4.74 Å². The third-order valence-corrected chi connectivity index (χ3v) is 5.49. The van der Waals surface area contributed by atoms with Crippen LogP contribution in [0.2, 0.25) is 0 Å². The zero-order valence-corrected chi connectivity index (χ0v) is 17.7. The standard InChI is InChI=1S/C22H14Br2FNO2/c23-18-10-14(9-17-16-6-1-2-7-20(16)26-22(17)27)11-19(24)21(18)28-12-13-4-3-5-15(25)8-13/h1-11H,12H2,(H,26,27)/b17-9-. The summed E-state index contributed by atoms with van der Waals surface area (Å²) in [5, 5.41) is 2.87. The van der Waals surface area contributed by atoms with Crippen molar-refractivity contribution in [1.29, 1.82) is 0 Å². The molecule has 28 heavy (non-hydrogen) atoms. The minimum Gasteiger partial charge on any atom is -0.487 e. The summed E-state index contributed by atoms with van der Waals surface area (Å²) < 4.78 is 20.6. The Balaban J connectivity index is 1.60. The molecule has 0 aliphatic carbocycles. The van der Waals surface area contributed by atoms with Gasteiger partial charge in [-0.2, -0.15) is 0 Å². The third-order valence-electron chi connectivity index (χ3n) is 4.31. The van der Waals surface area contributed by atoms with Gasteiger partial charge >= 0.3 is 0 Å². The predicted octanol–water partition coefficient (Wildman–Crippen LogP) is 6.42. The Labute approximate surface area is 178 Å². The Hall–Kier alpha value is -2.44. The van der Waals surface area contributed by atoms with Gasteiger partial charge in [-0.25, -0.2) is 4.39 Å². The quantitative estimate of drug-likeness (QED) is 0.418. The summed E-state index contributed by atoms with van der Waals surface area (Å²) in [6, 6.07) is 17.6. The van der Waals surface area contributed by atoms with Gasteiger partial charge in [-0.05, 0) is 79.4 Å². The lowest BCUT2D eigenvalue weighted by atomic mass is 10.0. The Bertz CT molecular complexity index is 1090. The normalized spacial score (nSPS) is 14.1. The maximum Gasteiger partial charge on any atom is 0.256 e. The summed E-state index contributed by atoms with van der Waals surface area (Å²) in [5.41, 5.74) is 3.89. The van der Waals surface area contributed by atoms with Crippen molar-refractivity contribution in [3.63, 3.8) is 0 Å². The van der Waals surface area contributed by atoms with Crippen LogP contribution in [-0.2, 0) is 11.4 Å². The van der Waals surface area contributed by atoms with E-state index in [1.54, 1.807) is 12.1 Å². The van der Waals surface area contributed by atoms with Crippen LogP contribution in [0.15, 0.2) is 69.6 Å². The number of hydrogen-bond donors (Lipinski definition) is 1. The maximum absolute atomic E-state index is 13.3. The second-order valence-corrected chi connectivity index (χ2v) is 8.00. The van der Waals surface area contributed by atoms with Crippen LogP contribution < -0.4 is 10.1 Å². The second-order valence-electron chi connectivity index (χ2n) is 6.29. The molecule has 1 heterocycles. The van der Waals surface area contributed by atoms with Crippen molar-refractivity contribution in [3.05, 3.63) is 92.1 Å². The summed E-state index contributed by atoms with van der Waals surface area (Å²) >= 11 is 7.05. The first-order valence-corrected chi connectivity index (χ1v) is 10.1. The van der Waals surface area contributed by atoms with Gasteiger partial charge in [-0.15, -0.1) is 0 Å². The number of carbonyl (C=O) groups is 1. The van der Waals surface area contributed by atoms with E-state index >= 15 is 0 Å². The van der Waals surface area contributed by atoms with Crippen LogP contribution in [0.1, 0.15) is 16.7 Å². The van der Waals surface area contributed by atoms with E-state index in [-0.39, 0.29) is 18.3 Å². The Kier molecular flexibility index (Phi) is 5.33. The van der Waals surface area contributed by atoms with Crippen molar-refractivity contribution in [1.82, 2.24) is 0 Å². The Morgan fingerprint density at radius 1 is 1.00 bits per heavy atom. The molecule has 0 bridgehead atoms. The number of para-hydroxylation sites is 1. The molecule has 0 fully saturated rings. The Morgan fingerprint density at radius 3 is 2.50 bits per heavy atom. The lowest BCUT2D eigenvalue weighted by Crippen LogP contribution is -2.03. The van der Waals surface area contributed by atoms with Crippen LogP contribution in [0.25, 0.3) is 11.6 Å². The number of benzene rings is 3. The van der Waals surface area contributed by atoms with Gasteiger partial charge < -0.3 is 10.1 Å². The van der Waals surface area contributed by atoms with Crippen LogP contribution in [-0.4, -0.2) is 5.91 Å². The molecule has 3 nitrogen and oxygen atoms in total. The molecule has 0 radical (unpaired) electrons. The highest BCUT2D eigenvalue weighted by molar-refractivity contribution is 9.11. The molecule has 140 valence electrons. The molecule has 1 amide bonds. The lowest BCUT2D eigenvalue weighted by Gasteiger charge is -2.12. The summed E-state index contributed by atoms with van der Waals surface area (Å²) in [7, 11) is 0. The second kappa shape index (κ2) is 7.89. The van der Waals surface area contributed by atoms with Crippen LogP contribution in [0.5, 0.6) is 5.75 Å². The zero-order valence-electron chi connectivity index (χ0n) is 14.5. The molecule has 0 unspecified atom stereocenters. The van der Waals surface area contributed by atoms with Crippen LogP contribution in [0.4, 0.5) is 10.1 Å². The molecular formula is C22H14Br2FNO2. The first-order valence-electron chi connectivity index (χ1n) is 8.50. The van der Waals surface area contributed by atoms with E-state index in [0.29, 0.717) is 11.3 Å². The number of fused-ring (bicyclic) bond motifs is 1. The SMILES string of the molecule is O=C1Nc2ccccc2/C1=C/c1cc(Br)c(OCc2cccc(F)c2)c(Br)c1. The average molecular weight is 503 g/mol. The number of amides is 1. The largest absolute Gasteiger partial charge is 0.487 e. The van der Waals surface area contributed by atoms with Crippen LogP contribution in [0.3, 0.4) is 0 Å². The highest BCUT2D eigenvalue weighted by atomic mass is 79.9. The number of ether oxygens (including phenoxy) is 1. The van der Waals surface area contributed by atoms with Crippen molar-refractivity contribution in [3.8, 4) is 5.75 Å². The highest BCUT2D eigenvalue weighted by Crippen LogP contribution is 2.38. The van der Waals surface area contributed by atoms with Crippen molar-refractivity contribution < 1.29 is 13.9 Å². The molecule has 0 spiro atoms. The van der Waals surface area contributed by atoms with Crippen molar-refractivity contribution in [2.45, 2.75) is 6.61 Å². The molecule has 3 aromatic carbocycles. The van der Waals surface area contributed by atoms with Gasteiger partial charge in [0.05, 0.1) is 8.95 Å². The highest BCUT2D eigenvalue weighted by Gasteiger charge is 2.23. The minimum atomic E-state index is -0.295. The average Bonchev–Trinajstić information content (AvgIpc) is 2.97. The summed E-state index contributed by atoms with van der Waals surface area (Å²) in [6.07, 6.45) is 1.84. The zero-order chi connectivity index (χ0) is 19.7. The van der Waals surface area contributed by atoms with E-state index in [9.17, 15) is 9.18 Å². The summed E-state index contributed by atoms with van der Waals surface area (Å²) in [5.74, 6) is 0.193. The number of nitrogens with one attached hydrogen (secondary N) is 1. The van der Waals surface area contributed by atoms with E-state index in [1.165, 1.54) is 12.1 Å². The van der Waals surface area contributed by atoms with E-state index in [1.807, 2.05) is 42.5 Å². The first-order chi connectivity index (χ1) is 13.5. The van der Waals surface area contributed by atoms with E-state index < -0.39 is 0 Å². The monoisotopic (exact) mass is 501 g/mol. The van der Waals surface area contributed by atoms with Gasteiger partial charge in [0.1, 0.15) is 18.2 Å². The molecule has 0 saturated carbocycles. The molecule has 1 N–H and O–H groups in total. The molecule has 4 rings (SSSR count). The first kappa shape index (κ1) is 18.9. The third kappa shape index (κ3) is 3.88. The number of hydrogen-bond acceptors (Lipinski definition) is 2. The molecule has 1 aliphatic heterocycles. The van der Waals surface area contributed by atoms with Crippen LogP contribution >= 0.6 is 31.9 Å². The topological polar surface area (TPSA) is 38.3 Å². The number of halogens is 3. The number of anilines is 1. The fourth-order valence-corrected chi connectivity index (χ4v) is 4.48. The van der Waals surface area contributed by atoms with Gasteiger partial charge in [0.25, 0.3) is 5.91 Å². The fraction of sp³-hybridized carbons (Fsp3) is 0.0455. The summed E-state index contributed by atoms with van der Waals surface area (Å²) in [6.45, 7) is 0.241. The minimum absolute atomic E-state index is 0.125. The molecule has 1 aliphatic rings. The molecule has 3 aromatic rings. The van der Waals surface area contributed by atoms with Gasteiger partial charge in [-0.3, -0.25) is 4.79 Å².